The topological polar surface area (TPSA) is 120 Å². The lowest BCUT2D eigenvalue weighted by Gasteiger charge is -2.21. The van der Waals surface area contributed by atoms with Crippen LogP contribution in [-0.2, 0) is 0 Å². The number of nitro groups is 1. The number of aliphatic hydroxyl groups excluding tert-OH is 1. The van der Waals surface area contributed by atoms with Crippen molar-refractivity contribution in [1.29, 1.82) is 0 Å². The van der Waals surface area contributed by atoms with Gasteiger partial charge in [-0.2, -0.15) is 0 Å². The summed E-state index contributed by atoms with van der Waals surface area (Å²) in [6, 6.07) is -0.109. The van der Waals surface area contributed by atoms with Gasteiger partial charge >= 0.3 is 0 Å². The standard InChI is InChI=1S/C14H17N5O3/c1-7-8(2)10(3-9(7)5-20)18-4-11(19(21)22)12-13(15)16-6-17-14(12)18/h3-4,6-8,10,20H,5H2,1-2H3,(H2,15,16,17)/t7?,8-,10+/m0/s1. The molecule has 0 saturated heterocycles. The van der Waals surface area contributed by atoms with Crippen LogP contribution in [0.3, 0.4) is 0 Å². The van der Waals surface area contributed by atoms with E-state index in [9.17, 15) is 15.2 Å². The molecule has 0 aromatic carbocycles. The molecule has 8 heteroatoms. The Morgan fingerprint density at radius 3 is 2.77 bits per heavy atom. The van der Waals surface area contributed by atoms with Crippen molar-refractivity contribution in [2.45, 2.75) is 19.9 Å². The highest BCUT2D eigenvalue weighted by Gasteiger charge is 2.34. The molecule has 2 aromatic rings. The fraction of sp³-hybridized carbons (Fsp3) is 0.429. The second-order valence-corrected chi connectivity index (χ2v) is 5.67. The average molecular weight is 303 g/mol. The van der Waals surface area contributed by atoms with Gasteiger partial charge in [0.05, 0.1) is 23.8 Å². The predicted octanol–water partition coefficient (Wildman–Crippen LogP) is 1.67. The van der Waals surface area contributed by atoms with Crippen LogP contribution < -0.4 is 5.73 Å². The molecule has 22 heavy (non-hydrogen) atoms. The van der Waals surface area contributed by atoms with Gasteiger partial charge in [0.2, 0.25) is 0 Å². The molecule has 8 nitrogen and oxygen atoms in total. The van der Waals surface area contributed by atoms with E-state index in [1.165, 1.54) is 12.5 Å². The van der Waals surface area contributed by atoms with Crippen molar-refractivity contribution in [2.75, 3.05) is 12.3 Å². The first kappa shape index (κ1) is 14.5. The highest BCUT2D eigenvalue weighted by Crippen LogP contribution is 2.42. The molecule has 1 aliphatic carbocycles. The first-order valence-corrected chi connectivity index (χ1v) is 7.02. The summed E-state index contributed by atoms with van der Waals surface area (Å²) in [7, 11) is 0. The summed E-state index contributed by atoms with van der Waals surface area (Å²) in [5.74, 6) is 0.486. The first-order chi connectivity index (χ1) is 10.5. The fourth-order valence-electron chi connectivity index (χ4n) is 3.14. The maximum Gasteiger partial charge on any atom is 0.300 e. The number of nitrogen functional groups attached to an aromatic ring is 1. The van der Waals surface area contributed by atoms with Gasteiger partial charge in [-0.25, -0.2) is 9.97 Å². The summed E-state index contributed by atoms with van der Waals surface area (Å²) in [6.07, 6.45) is 4.72. The van der Waals surface area contributed by atoms with Crippen molar-refractivity contribution >= 4 is 22.5 Å². The molecule has 2 aromatic heterocycles. The van der Waals surface area contributed by atoms with Gasteiger partial charge in [-0.15, -0.1) is 0 Å². The van der Waals surface area contributed by atoms with Crippen LogP contribution in [-0.4, -0.2) is 31.2 Å². The summed E-state index contributed by atoms with van der Waals surface area (Å²) in [5.41, 5.74) is 7.08. The SMILES string of the molecule is CC1C(CO)=C[C@@H](n2cc([N+](=O)[O-])c3c(N)ncnc32)[C@H]1C. The lowest BCUT2D eigenvalue weighted by Crippen LogP contribution is -2.16. The number of hydrogen-bond donors (Lipinski definition) is 2. The molecule has 0 amide bonds. The third-order valence-corrected chi connectivity index (χ3v) is 4.62. The summed E-state index contributed by atoms with van der Waals surface area (Å²) in [5, 5.41) is 21.0. The molecule has 0 fully saturated rings. The normalized spacial score (nSPS) is 24.7. The Balaban J connectivity index is 2.23. The molecule has 2 heterocycles. The number of rotatable bonds is 3. The molecule has 0 bridgehead atoms. The van der Waals surface area contributed by atoms with Crippen molar-refractivity contribution in [3.63, 3.8) is 0 Å². The Bertz CT molecular complexity index is 782. The Morgan fingerprint density at radius 2 is 2.18 bits per heavy atom. The van der Waals surface area contributed by atoms with E-state index in [1.807, 2.05) is 13.0 Å². The van der Waals surface area contributed by atoms with Gasteiger partial charge in [-0.05, 0) is 17.4 Å². The fourth-order valence-corrected chi connectivity index (χ4v) is 3.14. The molecular weight excluding hydrogens is 286 g/mol. The van der Waals surface area contributed by atoms with Crippen molar-refractivity contribution in [1.82, 2.24) is 14.5 Å². The van der Waals surface area contributed by atoms with E-state index in [4.69, 9.17) is 5.73 Å². The highest BCUT2D eigenvalue weighted by atomic mass is 16.6. The minimum Gasteiger partial charge on any atom is -0.392 e. The van der Waals surface area contributed by atoms with Crippen molar-refractivity contribution in [2.24, 2.45) is 11.8 Å². The van der Waals surface area contributed by atoms with E-state index in [2.05, 4.69) is 16.9 Å². The number of fused-ring (bicyclic) bond motifs is 1. The smallest absolute Gasteiger partial charge is 0.300 e. The Kier molecular flexibility index (Phi) is 3.32. The number of aromatic nitrogens is 3. The average Bonchev–Trinajstić information content (AvgIpc) is 3.00. The number of nitrogens with two attached hydrogens (primary N) is 1. The second-order valence-electron chi connectivity index (χ2n) is 5.67. The molecule has 0 saturated carbocycles. The first-order valence-electron chi connectivity index (χ1n) is 7.02. The van der Waals surface area contributed by atoms with E-state index in [0.717, 1.165) is 5.57 Å². The zero-order chi connectivity index (χ0) is 16.0. The Labute approximate surface area is 126 Å². The van der Waals surface area contributed by atoms with Gasteiger partial charge < -0.3 is 15.4 Å². The van der Waals surface area contributed by atoms with Gasteiger partial charge in [0.15, 0.2) is 5.65 Å². The second kappa shape index (κ2) is 5.06. The van der Waals surface area contributed by atoms with Gasteiger partial charge in [0.25, 0.3) is 5.69 Å². The van der Waals surface area contributed by atoms with Crippen molar-refractivity contribution in [3.8, 4) is 0 Å². The number of hydrogen-bond acceptors (Lipinski definition) is 6. The molecule has 0 spiro atoms. The molecule has 0 aliphatic heterocycles. The largest absolute Gasteiger partial charge is 0.392 e. The monoisotopic (exact) mass is 303 g/mol. The van der Waals surface area contributed by atoms with E-state index in [0.29, 0.717) is 5.65 Å². The number of nitrogens with zero attached hydrogens (tertiary/aromatic N) is 4. The summed E-state index contributed by atoms with van der Waals surface area (Å²) < 4.78 is 1.76. The van der Waals surface area contributed by atoms with Gasteiger partial charge in [0, 0.05) is 0 Å². The van der Waals surface area contributed by atoms with Crippen molar-refractivity contribution in [3.05, 3.63) is 34.3 Å². The molecule has 1 unspecified atom stereocenters. The zero-order valence-electron chi connectivity index (χ0n) is 12.3. The number of anilines is 1. The van der Waals surface area contributed by atoms with E-state index < -0.39 is 4.92 Å². The third kappa shape index (κ3) is 1.95. The zero-order valence-corrected chi connectivity index (χ0v) is 12.3. The van der Waals surface area contributed by atoms with E-state index >= 15 is 0 Å². The summed E-state index contributed by atoms with van der Waals surface area (Å²) in [4.78, 5) is 18.8. The van der Waals surface area contributed by atoms with Crippen molar-refractivity contribution < 1.29 is 10.0 Å². The van der Waals surface area contributed by atoms with Gasteiger partial charge in [-0.1, -0.05) is 19.9 Å². The van der Waals surface area contributed by atoms with Crippen LogP contribution in [0.25, 0.3) is 11.0 Å². The van der Waals surface area contributed by atoms with Crippen LogP contribution in [0.5, 0.6) is 0 Å². The summed E-state index contributed by atoms with van der Waals surface area (Å²) in [6.45, 7) is 4.08. The minimum atomic E-state index is -0.474. The third-order valence-electron chi connectivity index (χ3n) is 4.62. The van der Waals surface area contributed by atoms with Gasteiger partial charge in [-0.3, -0.25) is 10.1 Å². The molecule has 1 aliphatic rings. The van der Waals surface area contributed by atoms with Crippen LogP contribution in [0.15, 0.2) is 24.2 Å². The van der Waals surface area contributed by atoms with E-state index in [-0.39, 0.29) is 41.4 Å². The van der Waals surface area contributed by atoms with Crippen LogP contribution in [0.1, 0.15) is 19.9 Å². The molecule has 3 rings (SSSR count). The molecule has 3 N–H and O–H groups in total. The predicted molar refractivity (Wildman–Crippen MR) is 81.1 cm³/mol. The van der Waals surface area contributed by atoms with Crippen LogP contribution >= 0.6 is 0 Å². The van der Waals surface area contributed by atoms with Crippen LogP contribution in [0, 0.1) is 22.0 Å². The maximum atomic E-state index is 11.3. The lowest BCUT2D eigenvalue weighted by atomic mass is 9.93. The number of allylic oxidation sites excluding steroid dienone is 1. The maximum absolute atomic E-state index is 11.3. The summed E-state index contributed by atoms with van der Waals surface area (Å²) >= 11 is 0. The highest BCUT2D eigenvalue weighted by molar-refractivity contribution is 5.95. The molecule has 0 radical (unpaired) electrons. The quantitative estimate of drug-likeness (QED) is 0.505. The van der Waals surface area contributed by atoms with Crippen LogP contribution in [0.2, 0.25) is 0 Å². The van der Waals surface area contributed by atoms with Gasteiger partial charge in [0.1, 0.15) is 17.5 Å². The molecule has 116 valence electrons. The molecule has 3 atom stereocenters. The molecular formula is C14H17N5O3. The van der Waals surface area contributed by atoms with E-state index in [1.54, 1.807) is 4.57 Å². The lowest BCUT2D eigenvalue weighted by molar-refractivity contribution is -0.383. The minimum absolute atomic E-state index is 0.0135. The van der Waals surface area contributed by atoms with Crippen LogP contribution in [0.4, 0.5) is 11.5 Å². The Hall–Kier alpha value is -2.48. The number of aliphatic hydroxyl groups is 1. The Morgan fingerprint density at radius 1 is 1.45 bits per heavy atom.